The minimum absolute atomic E-state index is 0.262. The molecule has 0 saturated heterocycles. The van der Waals surface area contributed by atoms with E-state index >= 15 is 0 Å². The van der Waals surface area contributed by atoms with Gasteiger partial charge in [-0.15, -0.1) is 0 Å². The van der Waals surface area contributed by atoms with Crippen LogP contribution in [0, 0.1) is 5.92 Å². The molecule has 2 rings (SSSR count). The summed E-state index contributed by atoms with van der Waals surface area (Å²) in [6.07, 6.45) is 10.4. The summed E-state index contributed by atoms with van der Waals surface area (Å²) in [7, 11) is 0. The highest BCUT2D eigenvalue weighted by Gasteiger charge is 2.34. The summed E-state index contributed by atoms with van der Waals surface area (Å²) in [5.41, 5.74) is 2.17. The molecule has 0 fully saturated rings. The van der Waals surface area contributed by atoms with Crippen molar-refractivity contribution in [3.8, 4) is 0 Å². The maximum Gasteiger partial charge on any atom is 0.0719 e. The van der Waals surface area contributed by atoms with Crippen LogP contribution >= 0.6 is 0 Å². The highest BCUT2D eigenvalue weighted by atomic mass is 16.3. The molecule has 2 unspecified atom stereocenters. The van der Waals surface area contributed by atoms with Gasteiger partial charge < -0.3 is 5.11 Å². The molecule has 70 valence electrons. The Morgan fingerprint density at radius 2 is 2.31 bits per heavy atom. The smallest absolute Gasteiger partial charge is 0.0719 e. The fourth-order valence-electron chi connectivity index (χ4n) is 2.06. The number of fused-ring (bicyclic) bond motifs is 1. The molecule has 0 aromatic heterocycles. The van der Waals surface area contributed by atoms with Crippen molar-refractivity contribution in [2.24, 2.45) is 5.92 Å². The number of allylic oxidation sites excluding steroid dienone is 4. The average Bonchev–Trinajstić information content (AvgIpc) is 2.13. The zero-order chi connectivity index (χ0) is 9.47. The SMILES string of the molecule is CC1C2=CC=CCC2=CCC1(C)O. The minimum Gasteiger partial charge on any atom is -0.389 e. The lowest BCUT2D eigenvalue weighted by atomic mass is 9.73. The first-order valence-corrected chi connectivity index (χ1v) is 4.90. The summed E-state index contributed by atoms with van der Waals surface area (Å²) < 4.78 is 0. The van der Waals surface area contributed by atoms with Crippen LogP contribution in [0.1, 0.15) is 26.7 Å². The molecule has 0 spiro atoms. The number of hydrogen-bond acceptors (Lipinski definition) is 1. The molecule has 0 bridgehead atoms. The molecule has 1 heteroatoms. The summed E-state index contributed by atoms with van der Waals surface area (Å²) in [6, 6.07) is 0. The lowest BCUT2D eigenvalue weighted by molar-refractivity contribution is 0.0200. The summed E-state index contributed by atoms with van der Waals surface area (Å²) in [4.78, 5) is 0. The van der Waals surface area contributed by atoms with Gasteiger partial charge in [-0.2, -0.15) is 0 Å². The quantitative estimate of drug-likeness (QED) is 0.601. The molecule has 0 amide bonds. The van der Waals surface area contributed by atoms with E-state index in [-0.39, 0.29) is 5.92 Å². The fourth-order valence-corrected chi connectivity index (χ4v) is 2.06. The van der Waals surface area contributed by atoms with Crippen LogP contribution in [-0.4, -0.2) is 10.7 Å². The van der Waals surface area contributed by atoms with Gasteiger partial charge in [0.2, 0.25) is 0 Å². The van der Waals surface area contributed by atoms with Crippen molar-refractivity contribution in [2.45, 2.75) is 32.3 Å². The summed E-state index contributed by atoms with van der Waals surface area (Å²) in [5.74, 6) is 0.262. The van der Waals surface area contributed by atoms with Crippen LogP contribution in [0.4, 0.5) is 0 Å². The molecule has 0 saturated carbocycles. The Kier molecular flexibility index (Phi) is 1.92. The largest absolute Gasteiger partial charge is 0.389 e. The summed E-state index contributed by atoms with van der Waals surface area (Å²) >= 11 is 0. The van der Waals surface area contributed by atoms with Gasteiger partial charge in [0.15, 0.2) is 0 Å². The van der Waals surface area contributed by atoms with Crippen LogP contribution in [0.25, 0.3) is 0 Å². The monoisotopic (exact) mass is 176 g/mol. The molecule has 0 aromatic rings. The maximum absolute atomic E-state index is 10.1. The maximum atomic E-state index is 10.1. The van der Waals surface area contributed by atoms with E-state index in [0.29, 0.717) is 0 Å². The fraction of sp³-hybridized carbons (Fsp3) is 0.500. The van der Waals surface area contributed by atoms with Crippen LogP contribution in [0.5, 0.6) is 0 Å². The Labute approximate surface area is 79.5 Å². The number of rotatable bonds is 0. The Hall–Kier alpha value is -0.820. The van der Waals surface area contributed by atoms with Crippen LogP contribution in [0.15, 0.2) is 35.5 Å². The van der Waals surface area contributed by atoms with Gasteiger partial charge >= 0.3 is 0 Å². The van der Waals surface area contributed by atoms with Crippen LogP contribution < -0.4 is 0 Å². The predicted molar refractivity (Wildman–Crippen MR) is 54.3 cm³/mol. The average molecular weight is 176 g/mol. The van der Waals surface area contributed by atoms with Gasteiger partial charge in [-0.05, 0) is 30.9 Å². The molecular formula is C12H16O. The normalized spacial score (nSPS) is 37.9. The third-order valence-corrected chi connectivity index (χ3v) is 3.28. The van der Waals surface area contributed by atoms with Crippen LogP contribution in [0.2, 0.25) is 0 Å². The van der Waals surface area contributed by atoms with Crippen molar-refractivity contribution in [3.63, 3.8) is 0 Å². The van der Waals surface area contributed by atoms with Gasteiger partial charge in [-0.25, -0.2) is 0 Å². The van der Waals surface area contributed by atoms with E-state index in [1.54, 1.807) is 0 Å². The van der Waals surface area contributed by atoms with E-state index in [1.807, 2.05) is 6.92 Å². The standard InChI is InChI=1S/C12H16O/c1-9-11-6-4-3-5-10(11)7-8-12(9,2)13/h3-4,6-7,9,13H,5,8H2,1-2H3. The Balaban J connectivity index is 2.40. The predicted octanol–water partition coefficient (Wildman–Crippen LogP) is 2.59. The first kappa shape index (κ1) is 8.76. The van der Waals surface area contributed by atoms with E-state index in [1.165, 1.54) is 11.1 Å². The van der Waals surface area contributed by atoms with E-state index in [2.05, 4.69) is 31.2 Å². The Morgan fingerprint density at radius 1 is 1.54 bits per heavy atom. The van der Waals surface area contributed by atoms with Gasteiger partial charge in [0.1, 0.15) is 0 Å². The molecular weight excluding hydrogens is 160 g/mol. The van der Waals surface area contributed by atoms with Gasteiger partial charge in [0.25, 0.3) is 0 Å². The van der Waals surface area contributed by atoms with Crippen molar-refractivity contribution in [1.29, 1.82) is 0 Å². The van der Waals surface area contributed by atoms with Crippen LogP contribution in [0.3, 0.4) is 0 Å². The number of hydrogen-bond donors (Lipinski definition) is 1. The van der Waals surface area contributed by atoms with Crippen molar-refractivity contribution >= 4 is 0 Å². The van der Waals surface area contributed by atoms with Crippen molar-refractivity contribution in [3.05, 3.63) is 35.5 Å². The van der Waals surface area contributed by atoms with E-state index in [0.717, 1.165) is 12.8 Å². The molecule has 0 aliphatic heterocycles. The molecule has 2 aliphatic carbocycles. The molecule has 0 heterocycles. The molecule has 2 atom stereocenters. The summed E-state index contributed by atoms with van der Waals surface area (Å²) in [6.45, 7) is 4.03. The second-order valence-electron chi connectivity index (χ2n) is 4.27. The van der Waals surface area contributed by atoms with Gasteiger partial charge in [-0.3, -0.25) is 0 Å². The second-order valence-corrected chi connectivity index (χ2v) is 4.27. The second kappa shape index (κ2) is 2.85. The summed E-state index contributed by atoms with van der Waals surface area (Å²) in [5, 5.41) is 10.1. The zero-order valence-electron chi connectivity index (χ0n) is 8.25. The van der Waals surface area contributed by atoms with E-state index in [4.69, 9.17) is 0 Å². The van der Waals surface area contributed by atoms with Gasteiger partial charge in [0, 0.05) is 5.92 Å². The Morgan fingerprint density at radius 3 is 3.08 bits per heavy atom. The molecule has 0 radical (unpaired) electrons. The molecule has 2 aliphatic rings. The lowest BCUT2D eigenvalue weighted by Gasteiger charge is -2.37. The topological polar surface area (TPSA) is 20.2 Å². The molecule has 1 N–H and O–H groups in total. The third kappa shape index (κ3) is 1.37. The lowest BCUT2D eigenvalue weighted by Crippen LogP contribution is -2.36. The van der Waals surface area contributed by atoms with Crippen LogP contribution in [-0.2, 0) is 0 Å². The van der Waals surface area contributed by atoms with Gasteiger partial charge in [-0.1, -0.05) is 31.2 Å². The minimum atomic E-state index is -0.555. The van der Waals surface area contributed by atoms with E-state index in [9.17, 15) is 5.11 Å². The van der Waals surface area contributed by atoms with E-state index < -0.39 is 5.60 Å². The highest BCUT2D eigenvalue weighted by molar-refractivity contribution is 5.44. The zero-order valence-corrected chi connectivity index (χ0v) is 8.25. The first-order valence-electron chi connectivity index (χ1n) is 4.90. The molecule has 13 heavy (non-hydrogen) atoms. The molecule has 1 nitrogen and oxygen atoms in total. The van der Waals surface area contributed by atoms with Crippen molar-refractivity contribution < 1.29 is 5.11 Å². The molecule has 0 aromatic carbocycles. The highest BCUT2D eigenvalue weighted by Crippen LogP contribution is 2.39. The first-order chi connectivity index (χ1) is 6.11. The third-order valence-electron chi connectivity index (χ3n) is 3.28. The van der Waals surface area contributed by atoms with Gasteiger partial charge in [0.05, 0.1) is 5.60 Å². The Bertz CT molecular complexity index is 305. The van der Waals surface area contributed by atoms with Crippen molar-refractivity contribution in [2.75, 3.05) is 0 Å². The van der Waals surface area contributed by atoms with Crippen molar-refractivity contribution in [1.82, 2.24) is 0 Å². The number of aliphatic hydroxyl groups is 1.